The predicted molar refractivity (Wildman–Crippen MR) is 114 cm³/mol. The highest BCUT2D eigenvalue weighted by molar-refractivity contribution is 5.87. The molecular weight excluding hydrogens is 380 g/mol. The summed E-state index contributed by atoms with van der Waals surface area (Å²) in [6.45, 7) is 6.88. The molecule has 1 aromatic heterocycles. The van der Waals surface area contributed by atoms with Crippen LogP contribution >= 0.6 is 0 Å². The second-order valence-corrected chi connectivity index (χ2v) is 8.67. The summed E-state index contributed by atoms with van der Waals surface area (Å²) in [5, 5.41) is 1.28. The third-order valence-electron chi connectivity index (χ3n) is 6.83. The van der Waals surface area contributed by atoms with Gasteiger partial charge in [0, 0.05) is 62.3 Å². The van der Waals surface area contributed by atoms with Crippen LogP contribution in [-0.4, -0.2) is 84.0 Å². The summed E-state index contributed by atoms with van der Waals surface area (Å²) in [6, 6.07) is 8.36. The summed E-state index contributed by atoms with van der Waals surface area (Å²) in [5.41, 5.74) is 3.65. The van der Waals surface area contributed by atoms with Gasteiger partial charge in [0.15, 0.2) is 0 Å². The Balaban J connectivity index is 1.21. The van der Waals surface area contributed by atoms with E-state index in [2.05, 4.69) is 28.1 Å². The van der Waals surface area contributed by atoms with Gasteiger partial charge in [-0.2, -0.15) is 0 Å². The molecule has 1 unspecified atom stereocenters. The largest absolute Gasteiger partial charge is 0.379 e. The van der Waals surface area contributed by atoms with E-state index >= 15 is 0 Å². The fourth-order valence-electron chi connectivity index (χ4n) is 5.06. The molecule has 0 spiro atoms. The number of carbonyl (C=O) groups excluding carboxylic acids is 2. The Bertz CT molecular complexity index is 934. The van der Waals surface area contributed by atoms with E-state index in [1.54, 1.807) is 0 Å². The topological polar surface area (TPSA) is 68.9 Å². The zero-order valence-corrected chi connectivity index (χ0v) is 17.4. The van der Waals surface area contributed by atoms with Crippen molar-refractivity contribution in [1.82, 2.24) is 19.7 Å². The molecule has 0 aliphatic carbocycles. The second-order valence-electron chi connectivity index (χ2n) is 8.67. The lowest BCUT2D eigenvalue weighted by molar-refractivity contribution is -0.144. The highest BCUT2D eigenvalue weighted by Gasteiger charge is 2.34. The minimum atomic E-state index is -0.0849. The predicted octanol–water partition coefficient (Wildman–Crippen LogP) is 1.62. The van der Waals surface area contributed by atoms with Gasteiger partial charge in [-0.25, -0.2) is 0 Å². The molecule has 1 N–H and O–H groups in total. The van der Waals surface area contributed by atoms with Crippen molar-refractivity contribution >= 4 is 22.7 Å². The van der Waals surface area contributed by atoms with Crippen LogP contribution in [0.4, 0.5) is 0 Å². The molecule has 3 aliphatic rings. The number of benzene rings is 1. The van der Waals surface area contributed by atoms with Crippen molar-refractivity contribution in [3.63, 3.8) is 0 Å². The number of H-pyrrole nitrogens is 1. The molecule has 1 aromatic carbocycles. The first-order valence-corrected chi connectivity index (χ1v) is 11.1. The Morgan fingerprint density at radius 2 is 1.93 bits per heavy atom. The number of nitrogens with zero attached hydrogens (tertiary/aromatic N) is 3. The van der Waals surface area contributed by atoms with Gasteiger partial charge in [0.05, 0.1) is 25.7 Å². The van der Waals surface area contributed by atoms with Crippen LogP contribution in [0, 0.1) is 5.92 Å². The van der Waals surface area contributed by atoms with Crippen molar-refractivity contribution in [3.8, 4) is 0 Å². The normalized spacial score (nSPS) is 23.1. The van der Waals surface area contributed by atoms with Crippen LogP contribution in [0.25, 0.3) is 10.9 Å². The van der Waals surface area contributed by atoms with Gasteiger partial charge in [0.25, 0.3) is 0 Å². The Labute approximate surface area is 176 Å². The van der Waals surface area contributed by atoms with Crippen LogP contribution in [-0.2, 0) is 27.3 Å². The Morgan fingerprint density at radius 3 is 2.80 bits per heavy atom. The number of amides is 2. The molecule has 0 bridgehead atoms. The standard InChI is InChI=1S/C23H30N4O3/c28-22-6-5-17(15-26(22)10-9-25-11-13-30-14-12-25)23(29)27-8-7-19-18-3-1-2-4-20(18)24-21(19)16-27/h1-4,17,24H,5-16H2. The van der Waals surface area contributed by atoms with E-state index < -0.39 is 0 Å². The first kappa shape index (κ1) is 19.6. The Hall–Kier alpha value is -2.38. The molecule has 2 fully saturated rings. The molecular formula is C23H30N4O3. The monoisotopic (exact) mass is 410 g/mol. The number of rotatable bonds is 4. The summed E-state index contributed by atoms with van der Waals surface area (Å²) in [4.78, 5) is 35.4. The fourth-order valence-corrected chi connectivity index (χ4v) is 5.06. The summed E-state index contributed by atoms with van der Waals surface area (Å²) < 4.78 is 5.40. The van der Waals surface area contributed by atoms with E-state index in [4.69, 9.17) is 4.74 Å². The van der Waals surface area contributed by atoms with Crippen molar-refractivity contribution in [2.75, 3.05) is 52.5 Å². The number of nitrogens with one attached hydrogen (secondary N) is 1. The quantitative estimate of drug-likeness (QED) is 0.832. The van der Waals surface area contributed by atoms with E-state index in [1.807, 2.05) is 15.9 Å². The number of carbonyl (C=O) groups is 2. The van der Waals surface area contributed by atoms with Crippen molar-refractivity contribution in [3.05, 3.63) is 35.5 Å². The Morgan fingerprint density at radius 1 is 1.10 bits per heavy atom. The molecule has 2 aromatic rings. The number of piperidine rings is 1. The maximum absolute atomic E-state index is 13.3. The third kappa shape index (κ3) is 3.84. The number of fused-ring (bicyclic) bond motifs is 3. The van der Waals surface area contributed by atoms with Gasteiger partial charge in [-0.15, -0.1) is 0 Å². The van der Waals surface area contributed by atoms with Crippen LogP contribution in [0.3, 0.4) is 0 Å². The molecule has 0 saturated carbocycles. The number of ether oxygens (including phenoxy) is 1. The highest BCUT2D eigenvalue weighted by Crippen LogP contribution is 2.29. The van der Waals surface area contributed by atoms with E-state index in [-0.39, 0.29) is 17.7 Å². The van der Waals surface area contributed by atoms with Crippen LogP contribution < -0.4 is 0 Å². The van der Waals surface area contributed by atoms with Crippen LogP contribution in [0.5, 0.6) is 0 Å². The number of para-hydroxylation sites is 1. The maximum Gasteiger partial charge on any atom is 0.227 e. The lowest BCUT2D eigenvalue weighted by atomic mass is 9.94. The lowest BCUT2D eigenvalue weighted by Crippen LogP contribution is -2.50. The van der Waals surface area contributed by atoms with Crippen LogP contribution in [0.2, 0.25) is 0 Å². The number of aromatic nitrogens is 1. The number of hydrogen-bond acceptors (Lipinski definition) is 4. The van der Waals surface area contributed by atoms with E-state index in [0.717, 1.165) is 57.0 Å². The Kier molecular flexibility index (Phi) is 5.48. The van der Waals surface area contributed by atoms with Gasteiger partial charge in [0.2, 0.25) is 11.8 Å². The van der Waals surface area contributed by atoms with Gasteiger partial charge < -0.3 is 19.5 Å². The zero-order chi connectivity index (χ0) is 20.5. The highest BCUT2D eigenvalue weighted by atomic mass is 16.5. The van der Waals surface area contributed by atoms with Gasteiger partial charge in [0.1, 0.15) is 0 Å². The van der Waals surface area contributed by atoms with Crippen molar-refractivity contribution in [2.24, 2.45) is 5.92 Å². The van der Waals surface area contributed by atoms with Crippen molar-refractivity contribution in [1.29, 1.82) is 0 Å². The molecule has 5 rings (SSSR count). The van der Waals surface area contributed by atoms with E-state index in [1.165, 1.54) is 10.9 Å². The molecule has 160 valence electrons. The van der Waals surface area contributed by atoms with Crippen molar-refractivity contribution in [2.45, 2.75) is 25.8 Å². The molecule has 1 atom stereocenters. The number of aromatic amines is 1. The second kappa shape index (κ2) is 8.40. The molecule has 2 saturated heterocycles. The van der Waals surface area contributed by atoms with E-state index in [9.17, 15) is 9.59 Å². The maximum atomic E-state index is 13.3. The number of morpholine rings is 1. The minimum Gasteiger partial charge on any atom is -0.379 e. The summed E-state index contributed by atoms with van der Waals surface area (Å²) in [7, 11) is 0. The average Bonchev–Trinajstić information content (AvgIpc) is 3.16. The summed E-state index contributed by atoms with van der Waals surface area (Å²) in [6.07, 6.45) is 2.03. The van der Waals surface area contributed by atoms with Crippen LogP contribution in [0.15, 0.2) is 24.3 Å². The molecule has 3 aliphatic heterocycles. The average molecular weight is 411 g/mol. The van der Waals surface area contributed by atoms with Crippen molar-refractivity contribution < 1.29 is 14.3 Å². The molecule has 30 heavy (non-hydrogen) atoms. The van der Waals surface area contributed by atoms with E-state index in [0.29, 0.717) is 32.5 Å². The number of likely N-dealkylation sites (tertiary alicyclic amines) is 1. The first-order chi connectivity index (χ1) is 14.7. The molecule has 7 heteroatoms. The summed E-state index contributed by atoms with van der Waals surface area (Å²) in [5.74, 6) is 0.297. The SMILES string of the molecule is O=C1CCC(C(=O)N2CCc3c([nH]c4ccccc34)C2)CN1CCN1CCOCC1. The van der Waals surface area contributed by atoms with Crippen LogP contribution in [0.1, 0.15) is 24.1 Å². The smallest absolute Gasteiger partial charge is 0.227 e. The zero-order valence-electron chi connectivity index (χ0n) is 17.4. The molecule has 2 amide bonds. The molecule has 7 nitrogen and oxygen atoms in total. The van der Waals surface area contributed by atoms with Gasteiger partial charge in [-0.05, 0) is 24.5 Å². The number of hydrogen-bond donors (Lipinski definition) is 1. The molecule has 4 heterocycles. The summed E-state index contributed by atoms with van der Waals surface area (Å²) >= 11 is 0. The van der Waals surface area contributed by atoms with Gasteiger partial charge in [-0.3, -0.25) is 14.5 Å². The molecule has 0 radical (unpaired) electrons. The van der Waals surface area contributed by atoms with Gasteiger partial charge >= 0.3 is 0 Å². The fraction of sp³-hybridized carbons (Fsp3) is 0.565. The van der Waals surface area contributed by atoms with Gasteiger partial charge in [-0.1, -0.05) is 18.2 Å². The minimum absolute atomic E-state index is 0.0849. The lowest BCUT2D eigenvalue weighted by Gasteiger charge is -2.37. The first-order valence-electron chi connectivity index (χ1n) is 11.1. The third-order valence-corrected chi connectivity index (χ3v) is 6.83.